The van der Waals surface area contributed by atoms with Gasteiger partial charge >= 0.3 is 0 Å². The van der Waals surface area contributed by atoms with Crippen molar-refractivity contribution in [1.29, 1.82) is 0 Å². The molecule has 0 spiro atoms. The van der Waals surface area contributed by atoms with E-state index in [1.54, 1.807) is 0 Å². The third-order valence-corrected chi connectivity index (χ3v) is 4.94. The molecule has 1 aliphatic heterocycles. The van der Waals surface area contributed by atoms with Crippen LogP contribution in [0.3, 0.4) is 0 Å². The third kappa shape index (κ3) is 4.29. The second kappa shape index (κ2) is 7.92. The number of rotatable bonds is 3. The van der Waals surface area contributed by atoms with Crippen LogP contribution in [-0.2, 0) is 0 Å². The van der Waals surface area contributed by atoms with Crippen LogP contribution in [0, 0.1) is 0 Å². The molecule has 1 saturated heterocycles. The van der Waals surface area contributed by atoms with Crippen molar-refractivity contribution in [2.45, 2.75) is 6.42 Å². The monoisotopic (exact) mass is 466 g/mol. The highest BCUT2D eigenvalue weighted by atomic mass is 79.9. The predicted molar refractivity (Wildman–Crippen MR) is 92.6 cm³/mol. The lowest BCUT2D eigenvalue weighted by molar-refractivity contribution is 0.0761. The fraction of sp³-hybridized carbons (Fsp3) is 0.500. The normalized spacial score (nSPS) is 17.1. The number of nitrogens with zero attached hydrogens (tertiary/aromatic N) is 2. The number of amides is 1. The van der Waals surface area contributed by atoms with E-state index in [1.165, 1.54) is 0 Å². The Labute approximate surface area is 145 Å². The SMILES string of the molecule is O=C(c1ccc(Br)cc1Br)N1CCCN(CCBr)CC1. The summed E-state index contributed by atoms with van der Waals surface area (Å²) >= 11 is 10.4. The molecule has 2 rings (SSSR count). The molecular weight excluding hydrogens is 452 g/mol. The topological polar surface area (TPSA) is 23.6 Å². The van der Waals surface area contributed by atoms with Gasteiger partial charge in [0.1, 0.15) is 0 Å². The molecule has 1 fully saturated rings. The van der Waals surface area contributed by atoms with Crippen LogP contribution in [0.2, 0.25) is 0 Å². The molecule has 20 heavy (non-hydrogen) atoms. The molecule has 1 heterocycles. The van der Waals surface area contributed by atoms with Crippen LogP contribution in [0.5, 0.6) is 0 Å². The van der Waals surface area contributed by atoms with E-state index < -0.39 is 0 Å². The van der Waals surface area contributed by atoms with Gasteiger partial charge in [-0.2, -0.15) is 0 Å². The summed E-state index contributed by atoms with van der Waals surface area (Å²) in [6.45, 7) is 4.70. The molecule has 0 aromatic heterocycles. The van der Waals surface area contributed by atoms with E-state index in [0.717, 1.165) is 59.0 Å². The molecule has 1 aliphatic rings. The molecule has 0 radical (unpaired) electrons. The van der Waals surface area contributed by atoms with Gasteiger partial charge in [-0.25, -0.2) is 0 Å². The van der Waals surface area contributed by atoms with Gasteiger partial charge in [-0.15, -0.1) is 0 Å². The van der Waals surface area contributed by atoms with Crippen molar-refractivity contribution in [3.8, 4) is 0 Å². The quantitative estimate of drug-likeness (QED) is 0.631. The average molecular weight is 469 g/mol. The molecule has 0 unspecified atom stereocenters. The van der Waals surface area contributed by atoms with Gasteiger partial charge in [0.25, 0.3) is 5.91 Å². The van der Waals surface area contributed by atoms with Crippen molar-refractivity contribution >= 4 is 53.7 Å². The van der Waals surface area contributed by atoms with Crippen molar-refractivity contribution < 1.29 is 4.79 Å². The first kappa shape index (κ1) is 16.5. The molecule has 0 saturated carbocycles. The molecular formula is C14H17Br3N2O. The number of carbonyl (C=O) groups excluding carboxylic acids is 1. The van der Waals surface area contributed by atoms with E-state index in [2.05, 4.69) is 52.7 Å². The van der Waals surface area contributed by atoms with Crippen molar-refractivity contribution in [2.24, 2.45) is 0 Å². The fourth-order valence-corrected chi connectivity index (χ4v) is 4.07. The maximum Gasteiger partial charge on any atom is 0.255 e. The van der Waals surface area contributed by atoms with Crippen molar-refractivity contribution in [3.63, 3.8) is 0 Å². The summed E-state index contributed by atoms with van der Waals surface area (Å²) in [5.41, 5.74) is 0.738. The minimum atomic E-state index is 0.116. The Hall–Kier alpha value is 0.0900. The number of halogens is 3. The Morgan fingerprint density at radius 2 is 1.95 bits per heavy atom. The molecule has 0 bridgehead atoms. The van der Waals surface area contributed by atoms with Gasteiger partial charge in [-0.05, 0) is 47.1 Å². The zero-order chi connectivity index (χ0) is 14.5. The van der Waals surface area contributed by atoms with Gasteiger partial charge in [0.2, 0.25) is 0 Å². The number of hydrogen-bond acceptors (Lipinski definition) is 2. The van der Waals surface area contributed by atoms with Gasteiger partial charge in [0, 0.05) is 40.5 Å². The molecule has 0 atom stereocenters. The van der Waals surface area contributed by atoms with Gasteiger partial charge in [0.05, 0.1) is 5.56 Å². The fourth-order valence-electron chi connectivity index (χ4n) is 2.35. The lowest BCUT2D eigenvalue weighted by atomic mass is 10.2. The number of benzene rings is 1. The minimum absolute atomic E-state index is 0.116. The highest BCUT2D eigenvalue weighted by molar-refractivity contribution is 9.11. The Balaban J connectivity index is 2.05. The minimum Gasteiger partial charge on any atom is -0.337 e. The van der Waals surface area contributed by atoms with Crippen molar-refractivity contribution in [1.82, 2.24) is 9.80 Å². The molecule has 6 heteroatoms. The summed E-state index contributed by atoms with van der Waals surface area (Å²) in [6, 6.07) is 5.70. The average Bonchev–Trinajstić information content (AvgIpc) is 2.64. The number of hydrogen-bond donors (Lipinski definition) is 0. The Morgan fingerprint density at radius 1 is 1.15 bits per heavy atom. The highest BCUT2D eigenvalue weighted by Gasteiger charge is 2.21. The first-order chi connectivity index (χ1) is 9.61. The molecule has 1 amide bonds. The Bertz CT molecular complexity index is 481. The molecule has 3 nitrogen and oxygen atoms in total. The summed E-state index contributed by atoms with van der Waals surface area (Å²) in [6.07, 6.45) is 1.03. The molecule has 0 N–H and O–H groups in total. The van der Waals surface area contributed by atoms with Crippen LogP contribution in [0.15, 0.2) is 27.1 Å². The third-order valence-electron chi connectivity index (χ3n) is 3.44. The summed E-state index contributed by atoms with van der Waals surface area (Å²) < 4.78 is 1.82. The number of carbonyl (C=O) groups is 1. The standard InChI is InChI=1S/C14H17Br3N2O/c15-4-7-18-5-1-6-19(9-8-18)14(20)12-3-2-11(16)10-13(12)17/h2-3,10H,1,4-9H2. The molecule has 1 aromatic carbocycles. The molecule has 110 valence electrons. The summed E-state index contributed by atoms with van der Waals surface area (Å²) in [5, 5.41) is 0.985. The first-order valence-electron chi connectivity index (χ1n) is 6.64. The lowest BCUT2D eigenvalue weighted by Gasteiger charge is -2.22. The summed E-state index contributed by atoms with van der Waals surface area (Å²) in [5.74, 6) is 0.116. The van der Waals surface area contributed by atoms with E-state index in [-0.39, 0.29) is 5.91 Å². The van der Waals surface area contributed by atoms with Crippen LogP contribution >= 0.6 is 47.8 Å². The van der Waals surface area contributed by atoms with E-state index in [4.69, 9.17) is 0 Å². The summed E-state index contributed by atoms with van der Waals surface area (Å²) in [7, 11) is 0. The van der Waals surface area contributed by atoms with E-state index in [1.807, 2.05) is 23.1 Å². The van der Waals surface area contributed by atoms with Crippen molar-refractivity contribution in [3.05, 3.63) is 32.7 Å². The van der Waals surface area contributed by atoms with Crippen LogP contribution in [0.4, 0.5) is 0 Å². The summed E-state index contributed by atoms with van der Waals surface area (Å²) in [4.78, 5) is 17.0. The zero-order valence-corrected chi connectivity index (χ0v) is 15.9. The van der Waals surface area contributed by atoms with Crippen LogP contribution < -0.4 is 0 Å². The smallest absolute Gasteiger partial charge is 0.255 e. The first-order valence-corrected chi connectivity index (χ1v) is 9.35. The number of alkyl halides is 1. The van der Waals surface area contributed by atoms with Crippen LogP contribution in [0.1, 0.15) is 16.8 Å². The van der Waals surface area contributed by atoms with Crippen LogP contribution in [0.25, 0.3) is 0 Å². The molecule has 0 aliphatic carbocycles. The zero-order valence-electron chi connectivity index (χ0n) is 11.1. The largest absolute Gasteiger partial charge is 0.337 e. The Kier molecular flexibility index (Phi) is 6.52. The van der Waals surface area contributed by atoms with E-state index in [0.29, 0.717) is 0 Å². The van der Waals surface area contributed by atoms with Gasteiger partial charge in [0.15, 0.2) is 0 Å². The second-order valence-electron chi connectivity index (χ2n) is 4.80. The van der Waals surface area contributed by atoms with Crippen molar-refractivity contribution in [2.75, 3.05) is 38.1 Å². The maximum atomic E-state index is 12.6. The predicted octanol–water partition coefficient (Wildman–Crippen LogP) is 3.75. The molecule has 1 aromatic rings. The Morgan fingerprint density at radius 3 is 2.65 bits per heavy atom. The van der Waals surface area contributed by atoms with Gasteiger partial charge in [-0.1, -0.05) is 31.9 Å². The van der Waals surface area contributed by atoms with E-state index >= 15 is 0 Å². The second-order valence-corrected chi connectivity index (χ2v) is 7.36. The van der Waals surface area contributed by atoms with Crippen LogP contribution in [-0.4, -0.2) is 53.8 Å². The highest BCUT2D eigenvalue weighted by Crippen LogP contribution is 2.23. The maximum absolute atomic E-state index is 12.6. The van der Waals surface area contributed by atoms with Gasteiger partial charge < -0.3 is 9.80 Å². The van der Waals surface area contributed by atoms with E-state index in [9.17, 15) is 4.79 Å². The lowest BCUT2D eigenvalue weighted by Crippen LogP contribution is -2.35. The van der Waals surface area contributed by atoms with Gasteiger partial charge in [-0.3, -0.25) is 4.79 Å².